The van der Waals surface area contributed by atoms with Crippen molar-refractivity contribution in [3.63, 3.8) is 0 Å². The van der Waals surface area contributed by atoms with Gasteiger partial charge in [0.25, 0.3) is 0 Å². The molecule has 10 nitrogen and oxygen atoms in total. The molecule has 2 atom stereocenters. The Hall–Kier alpha value is -4.09. The molecule has 2 aliphatic heterocycles. The molecule has 12 heteroatoms. The van der Waals surface area contributed by atoms with Crippen LogP contribution in [0.2, 0.25) is 10.0 Å². The van der Waals surface area contributed by atoms with Crippen molar-refractivity contribution in [2.75, 3.05) is 44.3 Å². The second-order valence-corrected chi connectivity index (χ2v) is 14.5. The number of rotatable bonds is 11. The normalized spacial score (nSPS) is 19.1. The van der Waals surface area contributed by atoms with Crippen LogP contribution in [0.3, 0.4) is 0 Å². The van der Waals surface area contributed by atoms with Gasteiger partial charge in [0.15, 0.2) is 0 Å². The van der Waals surface area contributed by atoms with Crippen molar-refractivity contribution in [1.82, 2.24) is 9.47 Å². The van der Waals surface area contributed by atoms with Gasteiger partial charge in [-0.3, -0.25) is 9.59 Å². The zero-order valence-corrected chi connectivity index (χ0v) is 31.2. The molecule has 1 amide bonds. The molecule has 0 spiro atoms. The van der Waals surface area contributed by atoms with Crippen molar-refractivity contribution in [1.29, 1.82) is 0 Å². The number of hydrogen-bond donors (Lipinski definition) is 0. The number of ether oxygens (including phenoxy) is 4. The van der Waals surface area contributed by atoms with Gasteiger partial charge in [0.1, 0.15) is 49.7 Å². The lowest BCUT2D eigenvalue weighted by molar-refractivity contribution is -0.688. The van der Waals surface area contributed by atoms with Crippen molar-refractivity contribution in [2.45, 2.75) is 59.6 Å². The Bertz CT molecular complexity index is 1850. The molecule has 4 aromatic rings. The topological polar surface area (TPSA) is 86.4 Å². The summed E-state index contributed by atoms with van der Waals surface area (Å²) in [6.07, 6.45) is 5.62. The van der Waals surface area contributed by atoms with E-state index in [1.54, 1.807) is 19.1 Å². The molecular weight excluding hydrogens is 691 g/mol. The third-order valence-electron chi connectivity index (χ3n) is 9.26. The zero-order valence-electron chi connectivity index (χ0n) is 29.7. The molecule has 2 aliphatic rings. The van der Waals surface area contributed by atoms with E-state index in [0.29, 0.717) is 41.1 Å². The second-order valence-electron chi connectivity index (χ2n) is 13.6. The van der Waals surface area contributed by atoms with Gasteiger partial charge in [-0.05, 0) is 79.1 Å². The summed E-state index contributed by atoms with van der Waals surface area (Å²) in [5.41, 5.74) is 4.69. The Labute approximate surface area is 309 Å². The number of aromatic nitrogens is 2. The van der Waals surface area contributed by atoms with Crippen LogP contribution in [0.25, 0.3) is 0 Å². The highest BCUT2D eigenvalue weighted by Crippen LogP contribution is 2.40. The van der Waals surface area contributed by atoms with Crippen LogP contribution in [0, 0.1) is 19.8 Å². The maximum Gasteiger partial charge on any atom is 0.313 e. The Morgan fingerprint density at radius 2 is 1.71 bits per heavy atom. The lowest BCUT2D eigenvalue weighted by Gasteiger charge is -2.35. The lowest BCUT2D eigenvalue weighted by Crippen LogP contribution is -2.48. The molecule has 0 aliphatic carbocycles. The first-order valence-corrected chi connectivity index (χ1v) is 18.0. The largest absolute Gasteiger partial charge is 0.491 e. The molecule has 0 N–H and O–H groups in total. The van der Waals surface area contributed by atoms with Crippen LogP contribution in [-0.4, -0.2) is 66.8 Å². The van der Waals surface area contributed by atoms with Crippen LogP contribution in [-0.2, 0) is 37.9 Å². The molecule has 0 saturated carbocycles. The fraction of sp³-hybridized carbons (Fsp3) is 0.410. The van der Waals surface area contributed by atoms with Gasteiger partial charge in [-0.15, -0.1) is 0 Å². The van der Waals surface area contributed by atoms with Crippen LogP contribution in [0.15, 0.2) is 73.3 Å². The molecule has 270 valence electrons. The summed E-state index contributed by atoms with van der Waals surface area (Å²) in [6.45, 7) is 13.8. The Morgan fingerprint density at radius 1 is 1.00 bits per heavy atom. The number of piperazine rings is 1. The average Bonchev–Trinajstić information content (AvgIpc) is 3.72. The van der Waals surface area contributed by atoms with E-state index in [4.69, 9.17) is 42.1 Å². The molecular formula is C39H45Cl2N4O6+. The first-order chi connectivity index (χ1) is 24.4. The highest BCUT2D eigenvalue weighted by Gasteiger charge is 2.47. The molecule has 3 heterocycles. The first kappa shape index (κ1) is 36.7. The summed E-state index contributed by atoms with van der Waals surface area (Å²) in [5.74, 6) is -0.151. The summed E-state index contributed by atoms with van der Waals surface area (Å²) in [5, 5.41) is 0.975. The standard InChI is InChI=1S/C39H45Cl2N4O6/c1-26(2)38(47)50-37-27(3)18-30(19-28(37)4)21-42-12-13-43(25-42)24-39(35-11-6-31(40)20-36(35)41)49-23-34(51-39)22-48-33-9-7-32(8-10-33)45-16-14-44(15-17-45)29(5)46/h6-13,18-20,25-26,34H,14-17,21-24H2,1-5H3/q+1. The number of nitrogens with zero attached hydrogens (tertiary/aromatic N) is 4. The molecule has 2 saturated heterocycles. The number of aryl methyl sites for hydroxylation is 2. The molecule has 3 aromatic carbocycles. The number of imidazole rings is 1. The molecule has 2 unspecified atom stereocenters. The van der Waals surface area contributed by atoms with Gasteiger partial charge < -0.3 is 28.7 Å². The van der Waals surface area contributed by atoms with Crippen molar-refractivity contribution >= 4 is 40.8 Å². The molecule has 51 heavy (non-hydrogen) atoms. The molecule has 0 radical (unpaired) electrons. The Balaban J connectivity index is 1.12. The van der Waals surface area contributed by atoms with E-state index >= 15 is 0 Å². The van der Waals surface area contributed by atoms with Crippen molar-refractivity contribution in [3.8, 4) is 11.5 Å². The minimum atomic E-state index is -1.17. The van der Waals surface area contributed by atoms with Crippen LogP contribution >= 0.6 is 23.2 Å². The predicted molar refractivity (Wildman–Crippen MR) is 195 cm³/mol. The van der Waals surface area contributed by atoms with Gasteiger partial charge in [0.05, 0.1) is 17.5 Å². The number of esters is 1. The van der Waals surface area contributed by atoms with E-state index in [9.17, 15) is 9.59 Å². The van der Waals surface area contributed by atoms with Gasteiger partial charge in [-0.25, -0.2) is 9.13 Å². The summed E-state index contributed by atoms with van der Waals surface area (Å²) >= 11 is 13.0. The Morgan fingerprint density at radius 3 is 2.35 bits per heavy atom. The number of hydrogen-bond acceptors (Lipinski definition) is 7. The zero-order chi connectivity index (χ0) is 36.3. The van der Waals surface area contributed by atoms with Gasteiger partial charge in [0, 0.05) is 49.4 Å². The van der Waals surface area contributed by atoms with E-state index < -0.39 is 5.79 Å². The van der Waals surface area contributed by atoms with Gasteiger partial charge in [-0.2, -0.15) is 0 Å². The summed E-state index contributed by atoms with van der Waals surface area (Å²) < 4.78 is 29.0. The quantitative estimate of drug-likeness (QED) is 0.101. The highest BCUT2D eigenvalue weighted by molar-refractivity contribution is 6.35. The molecule has 1 aromatic heterocycles. The third kappa shape index (κ3) is 8.69. The number of anilines is 1. The van der Waals surface area contributed by atoms with Crippen LogP contribution in [0.5, 0.6) is 11.5 Å². The van der Waals surface area contributed by atoms with E-state index in [2.05, 4.69) is 9.47 Å². The molecule has 2 fully saturated rings. The molecule has 6 rings (SSSR count). The number of halogens is 2. The van der Waals surface area contributed by atoms with Gasteiger partial charge in [0.2, 0.25) is 18.0 Å². The fourth-order valence-electron chi connectivity index (χ4n) is 6.56. The van der Waals surface area contributed by atoms with Crippen molar-refractivity contribution in [3.05, 3.63) is 106 Å². The van der Waals surface area contributed by atoms with Gasteiger partial charge >= 0.3 is 5.97 Å². The van der Waals surface area contributed by atoms with E-state index in [1.807, 2.05) is 98.3 Å². The lowest BCUT2D eigenvalue weighted by atomic mass is 10.1. The van der Waals surface area contributed by atoms with Crippen LogP contribution < -0.4 is 18.9 Å². The maximum absolute atomic E-state index is 12.2. The monoisotopic (exact) mass is 735 g/mol. The summed E-state index contributed by atoms with van der Waals surface area (Å²) in [6, 6.07) is 17.4. The van der Waals surface area contributed by atoms with Crippen molar-refractivity contribution in [2.24, 2.45) is 5.92 Å². The highest BCUT2D eigenvalue weighted by atomic mass is 35.5. The number of amides is 1. The van der Waals surface area contributed by atoms with E-state index in [1.165, 1.54) is 0 Å². The van der Waals surface area contributed by atoms with Crippen molar-refractivity contribution < 1.29 is 33.1 Å². The second kappa shape index (κ2) is 15.7. The number of benzene rings is 3. The smallest absolute Gasteiger partial charge is 0.313 e. The van der Waals surface area contributed by atoms with Crippen LogP contribution in [0.1, 0.15) is 43.0 Å². The number of carbonyl (C=O) groups is 2. The van der Waals surface area contributed by atoms with Crippen LogP contribution in [0.4, 0.5) is 5.69 Å². The molecule has 0 bridgehead atoms. The van der Waals surface area contributed by atoms with E-state index in [0.717, 1.165) is 54.3 Å². The predicted octanol–water partition coefficient (Wildman–Crippen LogP) is 6.32. The fourth-order valence-corrected chi connectivity index (χ4v) is 7.12. The van der Waals surface area contributed by atoms with E-state index in [-0.39, 0.29) is 30.5 Å². The SMILES string of the molecule is CC(=O)N1CCN(c2ccc(OCC3COC(Cn4cc[n+](Cc5cc(C)c(OC(=O)C(C)C)c(C)c5)c4)(c4ccc(Cl)cc4Cl)O3)cc2)CC1. The minimum absolute atomic E-state index is 0.118. The first-order valence-electron chi connectivity index (χ1n) is 17.3. The Kier molecular flexibility index (Phi) is 11.3. The van der Waals surface area contributed by atoms with Gasteiger partial charge in [-0.1, -0.05) is 43.1 Å². The third-order valence-corrected chi connectivity index (χ3v) is 9.81. The summed E-state index contributed by atoms with van der Waals surface area (Å²) in [4.78, 5) is 28.1. The average molecular weight is 737 g/mol. The minimum Gasteiger partial charge on any atom is -0.491 e. The number of carbonyl (C=O) groups excluding carboxylic acids is 2. The maximum atomic E-state index is 12.2. The summed E-state index contributed by atoms with van der Waals surface area (Å²) in [7, 11) is 0.